The second-order valence-electron chi connectivity index (χ2n) is 9.62. The molecule has 0 aliphatic heterocycles. The zero-order chi connectivity index (χ0) is 23.8. The maximum Gasteiger partial charge on any atom is 0.257 e. The highest BCUT2D eigenvalue weighted by Crippen LogP contribution is 2.51. The van der Waals surface area contributed by atoms with Gasteiger partial charge in [-0.2, -0.15) is 0 Å². The maximum atomic E-state index is 13.5. The first-order valence-electron chi connectivity index (χ1n) is 12.1. The number of aryl methyl sites for hydroxylation is 3. The smallest absolute Gasteiger partial charge is 0.257 e. The molecule has 2 saturated carbocycles. The maximum absolute atomic E-state index is 13.5. The molecule has 0 bridgehead atoms. The Morgan fingerprint density at radius 2 is 1.91 bits per heavy atom. The third-order valence-corrected chi connectivity index (χ3v) is 7.07. The minimum Gasteiger partial charge on any atom is -0.364 e. The Kier molecular flexibility index (Phi) is 5.98. The lowest BCUT2D eigenvalue weighted by Crippen LogP contribution is -2.50. The van der Waals surface area contributed by atoms with Crippen LogP contribution in [-0.2, 0) is 11.2 Å². The molecule has 178 valence electrons. The van der Waals surface area contributed by atoms with Gasteiger partial charge in [-0.05, 0) is 81.4 Å². The fraction of sp³-hybridized carbons (Fsp3) is 0.462. The summed E-state index contributed by atoms with van der Waals surface area (Å²) in [6.07, 6.45) is 10.0. The lowest BCUT2D eigenvalue weighted by Gasteiger charge is -2.27. The van der Waals surface area contributed by atoms with Crippen LogP contribution in [0.15, 0.2) is 35.3 Å². The summed E-state index contributed by atoms with van der Waals surface area (Å²) >= 11 is 0. The summed E-state index contributed by atoms with van der Waals surface area (Å²) in [5, 5.41) is 9.95. The van der Waals surface area contributed by atoms with Crippen molar-refractivity contribution in [2.45, 2.75) is 58.9 Å². The van der Waals surface area contributed by atoms with E-state index in [9.17, 15) is 9.59 Å². The first kappa shape index (κ1) is 22.4. The summed E-state index contributed by atoms with van der Waals surface area (Å²) in [4.78, 5) is 34.4. The molecule has 2 fully saturated rings. The molecule has 8 heteroatoms. The molecule has 2 aliphatic carbocycles. The molecule has 3 aromatic heterocycles. The van der Waals surface area contributed by atoms with Crippen molar-refractivity contribution in [2.24, 2.45) is 17.8 Å². The predicted octanol–water partition coefficient (Wildman–Crippen LogP) is 4.42. The zero-order valence-corrected chi connectivity index (χ0v) is 19.9. The first-order valence-corrected chi connectivity index (χ1v) is 12.1. The van der Waals surface area contributed by atoms with E-state index in [0.717, 1.165) is 48.2 Å². The molecule has 2 aliphatic rings. The van der Waals surface area contributed by atoms with E-state index in [1.54, 1.807) is 6.20 Å². The van der Waals surface area contributed by atoms with Gasteiger partial charge >= 0.3 is 0 Å². The molecule has 3 aromatic rings. The van der Waals surface area contributed by atoms with Gasteiger partial charge in [0.15, 0.2) is 0 Å². The normalized spacial score (nSPS) is 16.5. The van der Waals surface area contributed by atoms with E-state index in [1.807, 2.05) is 39.1 Å². The fourth-order valence-electron chi connectivity index (χ4n) is 5.03. The van der Waals surface area contributed by atoms with E-state index in [1.165, 1.54) is 6.26 Å². The molecule has 0 unspecified atom stereocenters. The van der Waals surface area contributed by atoms with Gasteiger partial charge in [0.1, 0.15) is 17.9 Å². The van der Waals surface area contributed by atoms with Crippen LogP contribution in [0.1, 0.15) is 59.9 Å². The minimum atomic E-state index is -0.610. The summed E-state index contributed by atoms with van der Waals surface area (Å²) in [7, 11) is 0. The number of carbonyl (C=O) groups is 2. The van der Waals surface area contributed by atoms with Crippen LogP contribution in [0.5, 0.6) is 0 Å². The number of H-pyrrole nitrogens is 1. The molecule has 0 radical (unpaired) electrons. The average Bonchev–Trinajstić information content (AvgIpc) is 3.76. The second kappa shape index (κ2) is 9.08. The van der Waals surface area contributed by atoms with Crippen LogP contribution in [-0.4, -0.2) is 33.0 Å². The van der Waals surface area contributed by atoms with E-state index in [2.05, 4.69) is 25.8 Å². The highest BCUT2D eigenvalue weighted by atomic mass is 16.5. The van der Waals surface area contributed by atoms with Crippen molar-refractivity contribution in [3.05, 3.63) is 53.3 Å². The number of hydrogen-bond donors (Lipinski definition) is 3. The van der Waals surface area contributed by atoms with Gasteiger partial charge in [-0.1, -0.05) is 12.1 Å². The Balaban J connectivity index is 1.35. The van der Waals surface area contributed by atoms with Gasteiger partial charge in [0.05, 0.1) is 23.3 Å². The number of rotatable bonds is 9. The number of hydrogen-bond acceptors (Lipinski definition) is 5. The van der Waals surface area contributed by atoms with E-state index in [0.29, 0.717) is 35.2 Å². The van der Waals surface area contributed by atoms with E-state index in [4.69, 9.17) is 4.52 Å². The number of pyridine rings is 1. The molecule has 8 nitrogen and oxygen atoms in total. The number of nitrogens with one attached hydrogen (secondary N) is 3. The fourth-order valence-corrected chi connectivity index (χ4v) is 5.03. The van der Waals surface area contributed by atoms with Gasteiger partial charge in [-0.25, -0.2) is 0 Å². The molecule has 5 rings (SSSR count). The second-order valence-corrected chi connectivity index (χ2v) is 9.62. The summed E-state index contributed by atoms with van der Waals surface area (Å²) in [6, 6.07) is 3.17. The number of carbonyl (C=O) groups excluding carboxylic acids is 2. The van der Waals surface area contributed by atoms with Gasteiger partial charge < -0.3 is 20.1 Å². The topological polar surface area (TPSA) is 113 Å². The standard InChI is InChI=1S/C26H31N5O3/c1-4-20-19(13-34-31-20)25(32)30-24(23(16-5-6-16)17-7-8-17)26(33)29-18-9-10-21(28-12-18)22-14(2)11-27-15(22)3/h9-13,16-17,23-24,27H,4-8H2,1-3H3,(H,29,33)(H,30,32)/t24-/m0/s1. The molecule has 3 heterocycles. The van der Waals surface area contributed by atoms with Gasteiger partial charge in [0.2, 0.25) is 5.91 Å². The lowest BCUT2D eigenvalue weighted by atomic mass is 9.88. The molecule has 0 spiro atoms. The first-order chi connectivity index (χ1) is 16.5. The summed E-state index contributed by atoms with van der Waals surface area (Å²) in [5.74, 6) is 0.603. The highest BCUT2D eigenvalue weighted by molar-refractivity contribution is 6.01. The van der Waals surface area contributed by atoms with E-state index in [-0.39, 0.29) is 17.7 Å². The number of aromatic nitrogens is 3. The number of nitrogens with zero attached hydrogens (tertiary/aromatic N) is 2. The van der Waals surface area contributed by atoms with Gasteiger partial charge in [0, 0.05) is 17.5 Å². The van der Waals surface area contributed by atoms with Crippen LogP contribution in [0.2, 0.25) is 0 Å². The molecule has 0 saturated heterocycles. The molecule has 2 amide bonds. The molecule has 3 N–H and O–H groups in total. The Hall–Kier alpha value is -3.42. The largest absolute Gasteiger partial charge is 0.364 e. The Morgan fingerprint density at radius 3 is 2.47 bits per heavy atom. The lowest BCUT2D eigenvalue weighted by molar-refractivity contribution is -0.119. The van der Waals surface area contributed by atoms with Crippen molar-refractivity contribution in [2.75, 3.05) is 5.32 Å². The van der Waals surface area contributed by atoms with Crippen LogP contribution in [0.25, 0.3) is 11.3 Å². The number of anilines is 1. The third kappa shape index (κ3) is 4.49. The van der Waals surface area contributed by atoms with Crippen molar-refractivity contribution < 1.29 is 14.1 Å². The molecule has 1 atom stereocenters. The Bertz CT molecular complexity index is 1160. The predicted molar refractivity (Wildman–Crippen MR) is 128 cm³/mol. The highest BCUT2D eigenvalue weighted by Gasteiger charge is 2.48. The van der Waals surface area contributed by atoms with Crippen LogP contribution in [0.4, 0.5) is 5.69 Å². The summed E-state index contributed by atoms with van der Waals surface area (Å²) in [6.45, 7) is 5.98. The van der Waals surface area contributed by atoms with Crippen molar-refractivity contribution in [3.63, 3.8) is 0 Å². The summed E-state index contributed by atoms with van der Waals surface area (Å²) < 4.78 is 5.01. The van der Waals surface area contributed by atoms with Gasteiger partial charge in [-0.15, -0.1) is 0 Å². The Morgan fingerprint density at radius 1 is 1.18 bits per heavy atom. The van der Waals surface area contributed by atoms with Gasteiger partial charge in [-0.3, -0.25) is 14.6 Å². The number of aromatic amines is 1. The molecule has 34 heavy (non-hydrogen) atoms. The number of amides is 2. The molecular formula is C26H31N5O3. The van der Waals surface area contributed by atoms with Crippen molar-refractivity contribution in [1.82, 2.24) is 20.4 Å². The SMILES string of the molecule is CCc1nocc1C(=O)N[C@H](C(=O)Nc1ccc(-c2c(C)c[nH]c2C)nc1)C(C1CC1)C1CC1. The monoisotopic (exact) mass is 461 g/mol. The quantitative estimate of drug-likeness (QED) is 0.437. The van der Waals surface area contributed by atoms with Crippen molar-refractivity contribution in [1.29, 1.82) is 0 Å². The zero-order valence-electron chi connectivity index (χ0n) is 19.9. The van der Waals surface area contributed by atoms with Crippen molar-refractivity contribution >= 4 is 17.5 Å². The van der Waals surface area contributed by atoms with Crippen LogP contribution in [0.3, 0.4) is 0 Å². The van der Waals surface area contributed by atoms with Crippen molar-refractivity contribution in [3.8, 4) is 11.3 Å². The van der Waals surface area contributed by atoms with Crippen LogP contribution < -0.4 is 10.6 Å². The minimum absolute atomic E-state index is 0.145. The summed E-state index contributed by atoms with van der Waals surface area (Å²) in [5.41, 5.74) is 5.72. The molecule has 0 aromatic carbocycles. The van der Waals surface area contributed by atoms with Gasteiger partial charge in [0.25, 0.3) is 5.91 Å². The van der Waals surface area contributed by atoms with E-state index < -0.39 is 6.04 Å². The van der Waals surface area contributed by atoms with E-state index >= 15 is 0 Å². The van der Waals surface area contributed by atoms with Crippen LogP contribution >= 0.6 is 0 Å². The Labute approximate surface area is 198 Å². The average molecular weight is 462 g/mol. The van der Waals surface area contributed by atoms with Crippen LogP contribution in [0, 0.1) is 31.6 Å². The third-order valence-electron chi connectivity index (χ3n) is 7.07. The molecular weight excluding hydrogens is 430 g/mol.